The maximum absolute atomic E-state index is 12.0. The molecule has 6 heteroatoms. The molecule has 1 aliphatic rings. The number of H-pyrrole nitrogens is 1. The number of rotatable bonds is 3. The molecule has 1 aliphatic heterocycles. The van der Waals surface area contributed by atoms with Crippen LogP contribution in [0, 0.1) is 20.8 Å². The lowest BCUT2D eigenvalue weighted by molar-refractivity contribution is 0.283. The zero-order valence-corrected chi connectivity index (χ0v) is 15.6. The van der Waals surface area contributed by atoms with Gasteiger partial charge in [0.25, 0.3) is 5.56 Å². The average Bonchev–Trinajstić information content (AvgIpc) is 2.67. The van der Waals surface area contributed by atoms with E-state index in [1.54, 1.807) is 6.20 Å². The van der Waals surface area contributed by atoms with Crippen molar-refractivity contribution in [1.82, 2.24) is 15.2 Å². The van der Waals surface area contributed by atoms with Crippen molar-refractivity contribution in [2.75, 3.05) is 6.61 Å². The Hall–Kier alpha value is -3.15. The third-order valence-corrected chi connectivity index (χ3v) is 4.89. The lowest BCUT2D eigenvalue weighted by Crippen LogP contribution is -2.14. The fourth-order valence-corrected chi connectivity index (χ4v) is 3.49. The first-order chi connectivity index (χ1) is 13.0. The van der Waals surface area contributed by atoms with Crippen molar-refractivity contribution in [3.63, 3.8) is 0 Å². The summed E-state index contributed by atoms with van der Waals surface area (Å²) < 4.78 is 11.7. The molecular weight excluding hydrogens is 342 g/mol. The molecule has 0 unspecified atom stereocenters. The number of ether oxygens (including phenoxy) is 2. The number of nitrogens with zero attached hydrogens (tertiary/aromatic N) is 2. The lowest BCUT2D eigenvalue weighted by Gasteiger charge is -2.19. The molecule has 1 aromatic carbocycles. The number of pyridine rings is 1. The summed E-state index contributed by atoms with van der Waals surface area (Å²) in [6.07, 6.45) is 3.56. The summed E-state index contributed by atoms with van der Waals surface area (Å²) >= 11 is 0. The van der Waals surface area contributed by atoms with Crippen LogP contribution in [0.5, 0.6) is 17.4 Å². The van der Waals surface area contributed by atoms with E-state index in [0.29, 0.717) is 17.2 Å². The molecule has 0 amide bonds. The van der Waals surface area contributed by atoms with Crippen molar-refractivity contribution in [2.45, 2.75) is 33.6 Å². The molecule has 3 heterocycles. The standard InChI is InChI=1S/C21H21N3O3/c1-12-11-15(27-21-17-5-4-10-26-18(17)8-9-22-21)6-7-16(12)19-13(2)20(25)24-23-14(19)3/h6-9,11H,4-5,10H2,1-3H3,(H,24,25). The molecule has 6 nitrogen and oxygen atoms in total. The van der Waals surface area contributed by atoms with Gasteiger partial charge in [0.1, 0.15) is 11.5 Å². The third kappa shape index (κ3) is 3.18. The highest BCUT2D eigenvalue weighted by atomic mass is 16.5. The molecule has 0 radical (unpaired) electrons. The van der Waals surface area contributed by atoms with E-state index < -0.39 is 0 Å². The smallest absolute Gasteiger partial charge is 0.267 e. The third-order valence-electron chi connectivity index (χ3n) is 4.89. The summed E-state index contributed by atoms with van der Waals surface area (Å²) in [5.41, 5.74) is 5.14. The summed E-state index contributed by atoms with van der Waals surface area (Å²) in [5, 5.41) is 6.62. The van der Waals surface area contributed by atoms with Crippen LogP contribution in [0.15, 0.2) is 35.3 Å². The quantitative estimate of drug-likeness (QED) is 0.764. The summed E-state index contributed by atoms with van der Waals surface area (Å²) in [7, 11) is 0. The second kappa shape index (κ2) is 6.87. The first-order valence-electron chi connectivity index (χ1n) is 9.00. The maximum Gasteiger partial charge on any atom is 0.267 e. The van der Waals surface area contributed by atoms with Gasteiger partial charge in [0.15, 0.2) is 0 Å². The fraction of sp³-hybridized carbons (Fsp3) is 0.286. The van der Waals surface area contributed by atoms with Crippen LogP contribution in [0.2, 0.25) is 0 Å². The predicted molar refractivity (Wildman–Crippen MR) is 103 cm³/mol. The van der Waals surface area contributed by atoms with Crippen molar-refractivity contribution in [1.29, 1.82) is 0 Å². The molecule has 0 bridgehead atoms. The number of hydrogen-bond donors (Lipinski definition) is 1. The number of aryl methyl sites for hydroxylation is 2. The van der Waals surface area contributed by atoms with Gasteiger partial charge in [0, 0.05) is 17.3 Å². The van der Waals surface area contributed by atoms with E-state index in [1.807, 2.05) is 45.0 Å². The minimum atomic E-state index is -0.171. The molecule has 0 spiro atoms. The number of nitrogens with one attached hydrogen (secondary N) is 1. The van der Waals surface area contributed by atoms with Crippen LogP contribution in [0.4, 0.5) is 0 Å². The minimum Gasteiger partial charge on any atom is -0.493 e. The summed E-state index contributed by atoms with van der Waals surface area (Å²) in [4.78, 5) is 16.3. The molecule has 0 aliphatic carbocycles. The summed E-state index contributed by atoms with van der Waals surface area (Å²) in [5.74, 6) is 2.14. The Bertz CT molecular complexity index is 1070. The zero-order valence-electron chi connectivity index (χ0n) is 15.6. The van der Waals surface area contributed by atoms with Gasteiger partial charge in [-0.05, 0) is 62.9 Å². The molecule has 0 saturated carbocycles. The highest BCUT2D eigenvalue weighted by molar-refractivity contribution is 5.72. The van der Waals surface area contributed by atoms with Gasteiger partial charge in [-0.2, -0.15) is 5.10 Å². The Morgan fingerprint density at radius 3 is 2.85 bits per heavy atom. The topological polar surface area (TPSA) is 77.1 Å². The van der Waals surface area contributed by atoms with Crippen LogP contribution in [0.1, 0.15) is 28.8 Å². The number of fused-ring (bicyclic) bond motifs is 1. The van der Waals surface area contributed by atoms with Gasteiger partial charge < -0.3 is 9.47 Å². The number of benzene rings is 1. The Balaban J connectivity index is 1.70. The van der Waals surface area contributed by atoms with E-state index in [2.05, 4.69) is 15.2 Å². The lowest BCUT2D eigenvalue weighted by atomic mass is 9.96. The van der Waals surface area contributed by atoms with Gasteiger partial charge in [-0.3, -0.25) is 4.79 Å². The van der Waals surface area contributed by atoms with E-state index in [-0.39, 0.29) is 5.56 Å². The first kappa shape index (κ1) is 17.3. The first-order valence-corrected chi connectivity index (χ1v) is 9.00. The Kier molecular flexibility index (Phi) is 4.39. The van der Waals surface area contributed by atoms with Gasteiger partial charge in [-0.25, -0.2) is 10.1 Å². The van der Waals surface area contributed by atoms with Gasteiger partial charge in [0.05, 0.1) is 17.9 Å². The molecule has 27 heavy (non-hydrogen) atoms. The van der Waals surface area contributed by atoms with Gasteiger partial charge in [-0.15, -0.1) is 0 Å². The van der Waals surface area contributed by atoms with Gasteiger partial charge in [-0.1, -0.05) is 6.07 Å². The SMILES string of the molecule is Cc1cc(Oc2nccc3c2CCCO3)ccc1-c1c(C)n[nH]c(=O)c1C. The van der Waals surface area contributed by atoms with Crippen molar-refractivity contribution in [3.05, 3.63) is 63.2 Å². The molecule has 0 fully saturated rings. The number of hydrogen-bond acceptors (Lipinski definition) is 5. The molecule has 1 N–H and O–H groups in total. The zero-order chi connectivity index (χ0) is 19.0. The Morgan fingerprint density at radius 1 is 1.19 bits per heavy atom. The van der Waals surface area contributed by atoms with E-state index in [9.17, 15) is 4.79 Å². The van der Waals surface area contributed by atoms with Crippen LogP contribution >= 0.6 is 0 Å². The molecule has 3 aromatic rings. The predicted octanol–water partition coefficient (Wildman–Crippen LogP) is 3.87. The normalized spacial score (nSPS) is 13.0. The summed E-state index contributed by atoms with van der Waals surface area (Å²) in [6.45, 7) is 6.43. The maximum atomic E-state index is 12.0. The van der Waals surface area contributed by atoms with Crippen molar-refractivity contribution < 1.29 is 9.47 Å². The largest absolute Gasteiger partial charge is 0.493 e. The fourth-order valence-electron chi connectivity index (χ4n) is 3.49. The minimum absolute atomic E-state index is 0.171. The summed E-state index contributed by atoms with van der Waals surface area (Å²) in [6, 6.07) is 7.70. The monoisotopic (exact) mass is 363 g/mol. The van der Waals surface area contributed by atoms with E-state index in [0.717, 1.165) is 53.1 Å². The van der Waals surface area contributed by atoms with Gasteiger partial charge in [0.2, 0.25) is 5.88 Å². The molecule has 2 aromatic heterocycles. The van der Waals surface area contributed by atoms with Crippen molar-refractivity contribution in [2.24, 2.45) is 0 Å². The van der Waals surface area contributed by atoms with Crippen LogP contribution in [-0.2, 0) is 6.42 Å². The van der Waals surface area contributed by atoms with Gasteiger partial charge >= 0.3 is 0 Å². The Morgan fingerprint density at radius 2 is 2.04 bits per heavy atom. The van der Waals surface area contributed by atoms with E-state index in [4.69, 9.17) is 9.47 Å². The molecule has 138 valence electrons. The number of aromatic amines is 1. The molecule has 0 saturated heterocycles. The Labute approximate surface area is 157 Å². The van der Waals surface area contributed by atoms with E-state index >= 15 is 0 Å². The van der Waals surface area contributed by atoms with Crippen LogP contribution in [0.3, 0.4) is 0 Å². The van der Waals surface area contributed by atoms with Crippen LogP contribution < -0.4 is 15.0 Å². The second-order valence-electron chi connectivity index (χ2n) is 6.76. The molecular formula is C21H21N3O3. The number of aromatic nitrogens is 3. The van der Waals surface area contributed by atoms with Crippen LogP contribution in [0.25, 0.3) is 11.1 Å². The molecule has 0 atom stereocenters. The molecule has 4 rings (SSSR count). The van der Waals surface area contributed by atoms with Crippen molar-refractivity contribution >= 4 is 0 Å². The highest BCUT2D eigenvalue weighted by Gasteiger charge is 2.18. The van der Waals surface area contributed by atoms with Crippen molar-refractivity contribution in [3.8, 4) is 28.5 Å². The van der Waals surface area contributed by atoms with E-state index in [1.165, 1.54) is 0 Å². The average molecular weight is 363 g/mol. The highest BCUT2D eigenvalue weighted by Crippen LogP contribution is 2.35. The second-order valence-corrected chi connectivity index (χ2v) is 6.76. The van der Waals surface area contributed by atoms with Crippen LogP contribution in [-0.4, -0.2) is 21.8 Å².